The summed E-state index contributed by atoms with van der Waals surface area (Å²) in [5.41, 5.74) is 0.851. The van der Waals surface area contributed by atoms with Crippen LogP contribution in [0.15, 0.2) is 53.1 Å². The first-order valence-corrected chi connectivity index (χ1v) is 9.27. The van der Waals surface area contributed by atoms with E-state index in [1.165, 1.54) is 6.07 Å². The molecule has 0 N–H and O–H groups in total. The Morgan fingerprint density at radius 1 is 1.11 bits per heavy atom. The van der Waals surface area contributed by atoms with Crippen LogP contribution in [0, 0.1) is 12.7 Å². The van der Waals surface area contributed by atoms with Crippen LogP contribution >= 0.6 is 0 Å². The summed E-state index contributed by atoms with van der Waals surface area (Å²) >= 11 is 0. The second-order valence-corrected chi connectivity index (χ2v) is 6.73. The molecular weight excluding hydrogens is 359 g/mol. The summed E-state index contributed by atoms with van der Waals surface area (Å²) in [6, 6.07) is 12.1. The van der Waals surface area contributed by atoms with E-state index in [1.807, 2.05) is 23.1 Å². The first kappa shape index (κ1) is 18.2. The van der Waals surface area contributed by atoms with E-state index in [-0.39, 0.29) is 18.2 Å². The zero-order valence-electron chi connectivity index (χ0n) is 15.6. The van der Waals surface area contributed by atoms with E-state index in [9.17, 15) is 9.18 Å². The Kier molecular flexibility index (Phi) is 5.06. The molecular formula is C21H21FN4O2. The van der Waals surface area contributed by atoms with E-state index in [4.69, 9.17) is 4.42 Å². The molecule has 4 rings (SSSR count). The van der Waals surface area contributed by atoms with Crippen molar-refractivity contribution in [1.29, 1.82) is 0 Å². The molecule has 1 aliphatic heterocycles. The number of amides is 1. The van der Waals surface area contributed by atoms with Crippen molar-refractivity contribution in [2.24, 2.45) is 0 Å². The fraction of sp³-hybridized carbons (Fsp3) is 0.286. The van der Waals surface area contributed by atoms with Crippen LogP contribution in [0.3, 0.4) is 0 Å². The van der Waals surface area contributed by atoms with Crippen LogP contribution in [0.2, 0.25) is 0 Å². The molecule has 0 unspecified atom stereocenters. The summed E-state index contributed by atoms with van der Waals surface area (Å²) in [6.45, 7) is 4.49. The number of nitrogens with zero attached hydrogens (tertiary/aromatic N) is 4. The number of hydrogen-bond donors (Lipinski definition) is 0. The van der Waals surface area contributed by atoms with Crippen molar-refractivity contribution < 1.29 is 13.6 Å². The number of piperazine rings is 1. The van der Waals surface area contributed by atoms with E-state index in [1.54, 1.807) is 31.3 Å². The largest absolute Gasteiger partial charge is 0.441 e. The Balaban J connectivity index is 1.40. The number of rotatable bonds is 4. The Morgan fingerprint density at radius 3 is 2.57 bits per heavy atom. The lowest BCUT2D eigenvalue weighted by atomic mass is 10.2. The lowest BCUT2D eigenvalue weighted by Gasteiger charge is -2.35. The quantitative estimate of drug-likeness (QED) is 0.696. The topological polar surface area (TPSA) is 62.5 Å². The zero-order valence-corrected chi connectivity index (χ0v) is 15.6. The molecule has 3 aromatic rings. The van der Waals surface area contributed by atoms with Crippen molar-refractivity contribution in [1.82, 2.24) is 14.9 Å². The molecule has 28 heavy (non-hydrogen) atoms. The van der Waals surface area contributed by atoms with Gasteiger partial charge >= 0.3 is 0 Å². The molecule has 1 aromatic carbocycles. The number of pyridine rings is 1. The highest BCUT2D eigenvalue weighted by Crippen LogP contribution is 2.24. The van der Waals surface area contributed by atoms with E-state index in [2.05, 4.69) is 14.9 Å². The van der Waals surface area contributed by atoms with Gasteiger partial charge in [0.2, 0.25) is 11.8 Å². The van der Waals surface area contributed by atoms with Crippen LogP contribution in [0.4, 0.5) is 10.2 Å². The molecule has 144 valence electrons. The number of carbonyl (C=O) groups is 1. The van der Waals surface area contributed by atoms with Crippen LogP contribution in [0.5, 0.6) is 0 Å². The van der Waals surface area contributed by atoms with Gasteiger partial charge in [-0.1, -0.05) is 18.2 Å². The Hall–Kier alpha value is -3.22. The van der Waals surface area contributed by atoms with Gasteiger partial charge in [0.25, 0.3) is 0 Å². The van der Waals surface area contributed by atoms with Crippen molar-refractivity contribution in [3.05, 3.63) is 65.9 Å². The summed E-state index contributed by atoms with van der Waals surface area (Å²) in [5.74, 6) is 1.28. The van der Waals surface area contributed by atoms with Gasteiger partial charge in [-0.3, -0.25) is 4.79 Å². The molecule has 0 radical (unpaired) electrons. The average molecular weight is 380 g/mol. The number of aryl methyl sites for hydroxylation is 1. The van der Waals surface area contributed by atoms with Crippen LogP contribution in [-0.2, 0) is 11.2 Å². The van der Waals surface area contributed by atoms with Crippen molar-refractivity contribution in [2.45, 2.75) is 13.3 Å². The van der Waals surface area contributed by atoms with Gasteiger partial charge in [-0.25, -0.2) is 14.4 Å². The SMILES string of the molecule is Cc1oc(-c2ccccc2F)nc1CC(=O)N1CCN(c2ccccn2)CC1. The van der Waals surface area contributed by atoms with E-state index in [0.717, 1.165) is 18.9 Å². The lowest BCUT2D eigenvalue weighted by Crippen LogP contribution is -2.49. The van der Waals surface area contributed by atoms with Crippen LogP contribution in [0.25, 0.3) is 11.5 Å². The van der Waals surface area contributed by atoms with Gasteiger partial charge in [0, 0.05) is 32.4 Å². The molecule has 0 spiro atoms. The molecule has 1 fully saturated rings. The highest BCUT2D eigenvalue weighted by atomic mass is 19.1. The number of hydrogen-bond acceptors (Lipinski definition) is 5. The molecule has 2 aromatic heterocycles. The standard InChI is InChI=1S/C21H21FN4O2/c1-15-18(24-21(28-15)16-6-2-3-7-17(16)22)14-20(27)26-12-10-25(11-13-26)19-8-4-5-9-23-19/h2-9H,10-14H2,1H3. The number of benzene rings is 1. The second kappa shape index (κ2) is 7.80. The third-order valence-electron chi connectivity index (χ3n) is 4.92. The maximum Gasteiger partial charge on any atom is 0.229 e. The van der Waals surface area contributed by atoms with E-state index in [0.29, 0.717) is 30.1 Å². The molecule has 0 aliphatic carbocycles. The number of oxazole rings is 1. The monoisotopic (exact) mass is 380 g/mol. The van der Waals surface area contributed by atoms with Gasteiger partial charge in [-0.2, -0.15) is 0 Å². The van der Waals surface area contributed by atoms with Gasteiger partial charge in [-0.05, 0) is 31.2 Å². The minimum atomic E-state index is -0.396. The fourth-order valence-corrected chi connectivity index (χ4v) is 3.32. The Labute approximate surface area is 162 Å². The molecule has 6 nitrogen and oxygen atoms in total. The van der Waals surface area contributed by atoms with Crippen LogP contribution < -0.4 is 4.90 Å². The average Bonchev–Trinajstić information content (AvgIpc) is 3.09. The Bertz CT molecular complexity index is 966. The van der Waals surface area contributed by atoms with Gasteiger partial charge in [0.05, 0.1) is 17.7 Å². The van der Waals surface area contributed by atoms with Gasteiger partial charge in [0.1, 0.15) is 17.4 Å². The van der Waals surface area contributed by atoms with Crippen molar-refractivity contribution in [3.63, 3.8) is 0 Å². The number of aromatic nitrogens is 2. The summed E-state index contributed by atoms with van der Waals surface area (Å²) < 4.78 is 19.6. The zero-order chi connectivity index (χ0) is 19.5. The molecule has 1 amide bonds. The molecule has 1 saturated heterocycles. The van der Waals surface area contributed by atoms with Crippen molar-refractivity contribution in [3.8, 4) is 11.5 Å². The third kappa shape index (κ3) is 3.74. The Morgan fingerprint density at radius 2 is 1.86 bits per heavy atom. The number of halogens is 1. The smallest absolute Gasteiger partial charge is 0.229 e. The summed E-state index contributed by atoms with van der Waals surface area (Å²) in [6.07, 6.45) is 1.92. The minimum absolute atomic E-state index is 0.00263. The highest BCUT2D eigenvalue weighted by Gasteiger charge is 2.24. The third-order valence-corrected chi connectivity index (χ3v) is 4.92. The van der Waals surface area contributed by atoms with Gasteiger partial charge in [-0.15, -0.1) is 0 Å². The minimum Gasteiger partial charge on any atom is -0.441 e. The molecule has 0 atom stereocenters. The van der Waals surface area contributed by atoms with E-state index >= 15 is 0 Å². The predicted octanol–water partition coefficient (Wildman–Crippen LogP) is 3.08. The second-order valence-electron chi connectivity index (χ2n) is 6.73. The lowest BCUT2D eigenvalue weighted by molar-refractivity contribution is -0.130. The predicted molar refractivity (Wildman–Crippen MR) is 103 cm³/mol. The molecule has 3 heterocycles. The fourth-order valence-electron chi connectivity index (χ4n) is 3.32. The van der Waals surface area contributed by atoms with Gasteiger partial charge in [0.15, 0.2) is 0 Å². The highest BCUT2D eigenvalue weighted by molar-refractivity contribution is 5.79. The van der Waals surface area contributed by atoms with Crippen LogP contribution in [0.1, 0.15) is 11.5 Å². The summed E-state index contributed by atoms with van der Waals surface area (Å²) in [7, 11) is 0. The van der Waals surface area contributed by atoms with E-state index < -0.39 is 5.82 Å². The van der Waals surface area contributed by atoms with Gasteiger partial charge < -0.3 is 14.2 Å². The maximum atomic E-state index is 14.0. The normalized spacial score (nSPS) is 14.4. The van der Waals surface area contributed by atoms with Crippen molar-refractivity contribution >= 4 is 11.7 Å². The first-order chi connectivity index (χ1) is 13.6. The summed E-state index contributed by atoms with van der Waals surface area (Å²) in [4.78, 5) is 25.4. The number of anilines is 1. The first-order valence-electron chi connectivity index (χ1n) is 9.27. The molecule has 0 bridgehead atoms. The molecule has 0 saturated carbocycles. The summed E-state index contributed by atoms with van der Waals surface area (Å²) in [5, 5.41) is 0. The van der Waals surface area contributed by atoms with Crippen LogP contribution in [-0.4, -0.2) is 47.0 Å². The molecule has 1 aliphatic rings. The molecule has 7 heteroatoms. The van der Waals surface area contributed by atoms with Crippen molar-refractivity contribution in [2.75, 3.05) is 31.1 Å². The number of carbonyl (C=O) groups excluding carboxylic acids is 1. The maximum absolute atomic E-state index is 14.0.